The predicted octanol–water partition coefficient (Wildman–Crippen LogP) is 6.28. The van der Waals surface area contributed by atoms with Crippen LogP contribution in [0.25, 0.3) is 11.0 Å². The first kappa shape index (κ1) is 17.9. The molecule has 4 rings (SSSR count). The first-order chi connectivity index (χ1) is 13.1. The van der Waals surface area contributed by atoms with Gasteiger partial charge in [0.25, 0.3) is 0 Å². The van der Waals surface area contributed by atoms with E-state index in [4.69, 9.17) is 32.9 Å². The van der Waals surface area contributed by atoms with E-state index < -0.39 is 0 Å². The molecule has 0 spiro atoms. The molecular weight excluding hydrogens is 379 g/mol. The van der Waals surface area contributed by atoms with Crippen LogP contribution < -0.4 is 4.74 Å². The summed E-state index contributed by atoms with van der Waals surface area (Å²) in [7, 11) is 0. The number of halogens is 2. The SMILES string of the molecule is Cc1ccccc1OCc1nc2ccccc2n1Cc1ccc(Cl)cc1Cl. The third kappa shape index (κ3) is 3.80. The number of ether oxygens (including phenoxy) is 1. The normalized spacial score (nSPS) is 11.1. The molecule has 0 atom stereocenters. The molecule has 0 N–H and O–H groups in total. The minimum absolute atomic E-state index is 0.380. The van der Waals surface area contributed by atoms with Crippen LogP contribution in [0.1, 0.15) is 17.0 Å². The first-order valence-electron chi connectivity index (χ1n) is 8.68. The standard InChI is InChI=1S/C22H18Cl2N2O/c1-15-6-2-5-9-21(15)27-14-22-25-19-7-3-4-8-20(19)26(22)13-16-10-11-17(23)12-18(16)24/h2-12H,13-14H2,1H3. The Morgan fingerprint density at radius 1 is 0.963 bits per heavy atom. The van der Waals surface area contributed by atoms with Gasteiger partial charge >= 0.3 is 0 Å². The van der Waals surface area contributed by atoms with Crippen molar-refractivity contribution in [3.8, 4) is 5.75 Å². The Kier molecular flexibility index (Phi) is 5.06. The molecule has 0 aliphatic carbocycles. The van der Waals surface area contributed by atoms with Crippen LogP contribution in [0.3, 0.4) is 0 Å². The molecule has 1 heterocycles. The Morgan fingerprint density at radius 3 is 2.56 bits per heavy atom. The van der Waals surface area contributed by atoms with Crippen LogP contribution in [0.5, 0.6) is 5.75 Å². The Balaban J connectivity index is 1.70. The molecule has 3 nitrogen and oxygen atoms in total. The van der Waals surface area contributed by atoms with E-state index in [9.17, 15) is 0 Å². The second-order valence-corrected chi connectivity index (χ2v) is 7.24. The lowest BCUT2D eigenvalue weighted by Crippen LogP contribution is -2.09. The Bertz CT molecular complexity index is 1100. The lowest BCUT2D eigenvalue weighted by molar-refractivity contribution is 0.289. The third-order valence-electron chi connectivity index (χ3n) is 4.53. The molecule has 0 saturated heterocycles. The fraction of sp³-hybridized carbons (Fsp3) is 0.136. The third-order valence-corrected chi connectivity index (χ3v) is 5.11. The minimum Gasteiger partial charge on any atom is -0.485 e. The smallest absolute Gasteiger partial charge is 0.148 e. The summed E-state index contributed by atoms with van der Waals surface area (Å²) in [6, 6.07) is 21.6. The molecule has 0 fully saturated rings. The summed E-state index contributed by atoms with van der Waals surface area (Å²) in [5.74, 6) is 1.71. The summed E-state index contributed by atoms with van der Waals surface area (Å²) >= 11 is 12.4. The van der Waals surface area contributed by atoms with E-state index in [0.29, 0.717) is 23.2 Å². The molecule has 0 amide bonds. The van der Waals surface area contributed by atoms with Crippen molar-refractivity contribution in [2.24, 2.45) is 0 Å². The van der Waals surface area contributed by atoms with E-state index in [1.54, 1.807) is 6.07 Å². The fourth-order valence-electron chi connectivity index (χ4n) is 3.09. The van der Waals surface area contributed by atoms with Crippen molar-refractivity contribution >= 4 is 34.2 Å². The number of aryl methyl sites for hydroxylation is 1. The summed E-state index contributed by atoms with van der Waals surface area (Å²) in [4.78, 5) is 4.77. The fourth-order valence-corrected chi connectivity index (χ4v) is 3.56. The molecule has 3 aromatic carbocycles. The Hall–Kier alpha value is -2.49. The molecule has 1 aromatic heterocycles. The highest BCUT2D eigenvalue weighted by molar-refractivity contribution is 6.35. The molecule has 0 bridgehead atoms. The highest BCUT2D eigenvalue weighted by atomic mass is 35.5. The van der Waals surface area contributed by atoms with Gasteiger partial charge in [0.15, 0.2) is 0 Å². The van der Waals surface area contributed by atoms with Crippen molar-refractivity contribution in [2.75, 3.05) is 0 Å². The monoisotopic (exact) mass is 396 g/mol. The number of imidazole rings is 1. The van der Waals surface area contributed by atoms with Gasteiger partial charge in [-0.2, -0.15) is 0 Å². The average Bonchev–Trinajstić information content (AvgIpc) is 3.01. The minimum atomic E-state index is 0.380. The van der Waals surface area contributed by atoms with Gasteiger partial charge in [0.2, 0.25) is 0 Å². The number of benzene rings is 3. The maximum Gasteiger partial charge on any atom is 0.148 e. The summed E-state index contributed by atoms with van der Waals surface area (Å²) in [5, 5.41) is 1.27. The van der Waals surface area contributed by atoms with Gasteiger partial charge < -0.3 is 9.30 Å². The molecule has 0 saturated carbocycles. The number of para-hydroxylation sites is 3. The number of hydrogen-bond acceptors (Lipinski definition) is 2. The van der Waals surface area contributed by atoms with Gasteiger partial charge in [-0.15, -0.1) is 0 Å². The van der Waals surface area contributed by atoms with Gasteiger partial charge in [0.1, 0.15) is 18.2 Å². The quantitative estimate of drug-likeness (QED) is 0.396. The number of fused-ring (bicyclic) bond motifs is 1. The van der Waals surface area contributed by atoms with Crippen LogP contribution in [0.2, 0.25) is 10.0 Å². The van der Waals surface area contributed by atoms with Crippen LogP contribution in [0, 0.1) is 6.92 Å². The van der Waals surface area contributed by atoms with Crippen molar-refractivity contribution in [3.05, 3.63) is 93.7 Å². The molecule has 136 valence electrons. The van der Waals surface area contributed by atoms with Crippen LogP contribution in [0.15, 0.2) is 66.7 Å². The summed E-state index contributed by atoms with van der Waals surface area (Å²) in [6.45, 7) is 3.01. The van der Waals surface area contributed by atoms with E-state index in [1.165, 1.54) is 0 Å². The highest BCUT2D eigenvalue weighted by Gasteiger charge is 2.13. The van der Waals surface area contributed by atoms with Gasteiger partial charge in [0, 0.05) is 10.0 Å². The molecule has 0 radical (unpaired) electrons. The van der Waals surface area contributed by atoms with Gasteiger partial charge in [-0.05, 0) is 48.4 Å². The molecule has 0 aliphatic heterocycles. The van der Waals surface area contributed by atoms with Crippen molar-refractivity contribution in [1.82, 2.24) is 9.55 Å². The zero-order chi connectivity index (χ0) is 18.8. The summed E-state index contributed by atoms with van der Waals surface area (Å²) in [5.41, 5.74) is 4.07. The van der Waals surface area contributed by atoms with E-state index in [2.05, 4.69) is 10.6 Å². The first-order valence-corrected chi connectivity index (χ1v) is 9.44. The van der Waals surface area contributed by atoms with E-state index in [0.717, 1.165) is 33.7 Å². The van der Waals surface area contributed by atoms with E-state index in [1.807, 2.05) is 61.5 Å². The van der Waals surface area contributed by atoms with E-state index in [-0.39, 0.29) is 0 Å². The van der Waals surface area contributed by atoms with Crippen molar-refractivity contribution in [3.63, 3.8) is 0 Å². The molecule has 4 aromatic rings. The second-order valence-electron chi connectivity index (χ2n) is 6.39. The molecule has 27 heavy (non-hydrogen) atoms. The summed E-state index contributed by atoms with van der Waals surface area (Å²) < 4.78 is 8.18. The van der Waals surface area contributed by atoms with Crippen LogP contribution in [0.4, 0.5) is 0 Å². The van der Waals surface area contributed by atoms with Gasteiger partial charge in [0.05, 0.1) is 17.6 Å². The number of nitrogens with zero attached hydrogens (tertiary/aromatic N) is 2. The zero-order valence-corrected chi connectivity index (χ0v) is 16.3. The lowest BCUT2D eigenvalue weighted by atomic mass is 10.2. The average molecular weight is 397 g/mol. The number of aromatic nitrogens is 2. The molecule has 0 unspecified atom stereocenters. The van der Waals surface area contributed by atoms with Crippen molar-refractivity contribution < 1.29 is 4.74 Å². The maximum atomic E-state index is 6.39. The molecular formula is C22H18Cl2N2O. The largest absolute Gasteiger partial charge is 0.485 e. The molecule has 0 aliphatic rings. The van der Waals surface area contributed by atoms with Crippen molar-refractivity contribution in [1.29, 1.82) is 0 Å². The predicted molar refractivity (Wildman–Crippen MR) is 111 cm³/mol. The highest BCUT2D eigenvalue weighted by Crippen LogP contribution is 2.25. The maximum absolute atomic E-state index is 6.39. The van der Waals surface area contributed by atoms with E-state index >= 15 is 0 Å². The lowest BCUT2D eigenvalue weighted by Gasteiger charge is -2.13. The summed E-state index contributed by atoms with van der Waals surface area (Å²) in [6.07, 6.45) is 0. The Labute approximate surface area is 168 Å². The van der Waals surface area contributed by atoms with Gasteiger partial charge in [-0.25, -0.2) is 4.98 Å². The number of hydrogen-bond donors (Lipinski definition) is 0. The van der Waals surface area contributed by atoms with Gasteiger partial charge in [-0.3, -0.25) is 0 Å². The Morgan fingerprint density at radius 2 is 1.74 bits per heavy atom. The van der Waals surface area contributed by atoms with Gasteiger partial charge in [-0.1, -0.05) is 59.6 Å². The van der Waals surface area contributed by atoms with Crippen LogP contribution >= 0.6 is 23.2 Å². The van der Waals surface area contributed by atoms with Crippen LogP contribution in [-0.4, -0.2) is 9.55 Å². The van der Waals surface area contributed by atoms with Crippen molar-refractivity contribution in [2.45, 2.75) is 20.1 Å². The van der Waals surface area contributed by atoms with Crippen LogP contribution in [-0.2, 0) is 13.2 Å². The number of rotatable bonds is 5. The molecule has 5 heteroatoms. The zero-order valence-electron chi connectivity index (χ0n) is 14.8. The topological polar surface area (TPSA) is 27.1 Å². The second kappa shape index (κ2) is 7.63.